The van der Waals surface area contributed by atoms with Crippen LogP contribution in [-0.2, 0) is 4.79 Å². The van der Waals surface area contributed by atoms with E-state index in [1.165, 1.54) is 32.1 Å². The highest BCUT2D eigenvalue weighted by atomic mass is 16.2. The molecule has 1 aliphatic carbocycles. The normalized spacial score (nSPS) is 19.4. The molecule has 0 heterocycles. The summed E-state index contributed by atoms with van der Waals surface area (Å²) in [6.45, 7) is 3.29. The summed E-state index contributed by atoms with van der Waals surface area (Å²) in [5.74, 6) is 0.139. The third kappa shape index (κ3) is 4.97. The van der Waals surface area contributed by atoms with Crippen LogP contribution in [0.5, 0.6) is 0 Å². The average molecular weight is 227 g/mol. The monoisotopic (exact) mass is 227 g/mol. The summed E-state index contributed by atoms with van der Waals surface area (Å²) in [4.78, 5) is 11.5. The van der Waals surface area contributed by atoms with E-state index in [1.54, 1.807) is 0 Å². The molecule has 0 bridgehead atoms. The molecule has 3 heteroatoms. The van der Waals surface area contributed by atoms with Crippen LogP contribution in [0.25, 0.3) is 0 Å². The molecular formula is C13H25NO2. The molecule has 1 saturated carbocycles. The first-order chi connectivity index (χ1) is 7.66. The van der Waals surface area contributed by atoms with Gasteiger partial charge in [-0.3, -0.25) is 4.79 Å². The molecule has 0 radical (unpaired) electrons. The Balaban J connectivity index is 2.14. The first-order valence-electron chi connectivity index (χ1n) is 6.54. The van der Waals surface area contributed by atoms with Gasteiger partial charge in [-0.15, -0.1) is 0 Å². The van der Waals surface area contributed by atoms with E-state index in [4.69, 9.17) is 5.11 Å². The van der Waals surface area contributed by atoms with Crippen LogP contribution in [0.2, 0.25) is 0 Å². The molecule has 94 valence electrons. The quantitative estimate of drug-likeness (QED) is 0.684. The van der Waals surface area contributed by atoms with Gasteiger partial charge in [-0.05, 0) is 31.1 Å². The lowest BCUT2D eigenvalue weighted by Gasteiger charge is -2.33. The third-order valence-corrected chi connectivity index (χ3v) is 3.58. The van der Waals surface area contributed by atoms with E-state index in [0.29, 0.717) is 11.8 Å². The summed E-state index contributed by atoms with van der Waals surface area (Å²) >= 11 is 0. The van der Waals surface area contributed by atoms with Gasteiger partial charge in [0.2, 0.25) is 5.91 Å². The Morgan fingerprint density at radius 2 is 1.94 bits per heavy atom. The fourth-order valence-electron chi connectivity index (χ4n) is 2.38. The molecule has 0 aliphatic heterocycles. The lowest BCUT2D eigenvalue weighted by molar-refractivity contribution is -0.121. The lowest BCUT2D eigenvalue weighted by atomic mass is 9.76. The van der Waals surface area contributed by atoms with Gasteiger partial charge in [0.15, 0.2) is 0 Å². The van der Waals surface area contributed by atoms with E-state index < -0.39 is 0 Å². The number of hydrogen-bond donors (Lipinski definition) is 2. The molecule has 0 aromatic carbocycles. The molecule has 0 unspecified atom stereocenters. The fraction of sp³-hybridized carbons (Fsp3) is 0.923. The average Bonchev–Trinajstić information content (AvgIpc) is 2.28. The van der Waals surface area contributed by atoms with Crippen molar-refractivity contribution in [3.05, 3.63) is 0 Å². The summed E-state index contributed by atoms with van der Waals surface area (Å²) in [6, 6.07) is 0. The second kappa shape index (κ2) is 6.89. The number of aliphatic hydroxyl groups is 1. The highest BCUT2D eigenvalue weighted by Gasteiger charge is 2.26. The third-order valence-electron chi connectivity index (χ3n) is 3.58. The summed E-state index contributed by atoms with van der Waals surface area (Å²) in [6.07, 6.45) is 8.50. The van der Waals surface area contributed by atoms with Crippen LogP contribution in [0.4, 0.5) is 0 Å². The van der Waals surface area contributed by atoms with Crippen LogP contribution in [0.1, 0.15) is 58.3 Å². The number of hydrogen-bond acceptors (Lipinski definition) is 2. The molecule has 16 heavy (non-hydrogen) atoms. The van der Waals surface area contributed by atoms with Crippen molar-refractivity contribution in [3.63, 3.8) is 0 Å². The Hall–Kier alpha value is -0.570. The minimum Gasteiger partial charge on any atom is -0.396 e. The number of rotatable bonds is 6. The standard InChI is InChI=1S/C13H25NO2/c1-13(8-4-2-5-9-13)11-14-12(16)7-3-6-10-15/h15H,2-11H2,1H3,(H,14,16). The minimum atomic E-state index is 0.139. The predicted octanol–water partition coefficient (Wildman–Crippen LogP) is 2.24. The van der Waals surface area contributed by atoms with Crippen molar-refractivity contribution in [2.24, 2.45) is 5.41 Å². The SMILES string of the molecule is CC1(CNC(=O)CCCCO)CCCCC1. The van der Waals surface area contributed by atoms with Gasteiger partial charge in [0.05, 0.1) is 0 Å². The molecule has 0 saturated heterocycles. The van der Waals surface area contributed by atoms with E-state index in [1.807, 2.05) is 0 Å². The molecule has 3 nitrogen and oxygen atoms in total. The second-order valence-electron chi connectivity index (χ2n) is 5.33. The van der Waals surface area contributed by atoms with Crippen molar-refractivity contribution in [2.45, 2.75) is 58.3 Å². The van der Waals surface area contributed by atoms with E-state index in [2.05, 4.69) is 12.2 Å². The molecule has 1 fully saturated rings. The Morgan fingerprint density at radius 1 is 1.25 bits per heavy atom. The molecule has 1 amide bonds. The van der Waals surface area contributed by atoms with Crippen LogP contribution in [0.15, 0.2) is 0 Å². The van der Waals surface area contributed by atoms with Crippen molar-refractivity contribution in [1.82, 2.24) is 5.32 Å². The minimum absolute atomic E-state index is 0.139. The molecule has 0 spiro atoms. The van der Waals surface area contributed by atoms with Crippen molar-refractivity contribution < 1.29 is 9.90 Å². The first-order valence-corrected chi connectivity index (χ1v) is 6.54. The van der Waals surface area contributed by atoms with E-state index in [0.717, 1.165) is 19.4 Å². The zero-order chi connectivity index (χ0) is 11.9. The highest BCUT2D eigenvalue weighted by Crippen LogP contribution is 2.34. The maximum Gasteiger partial charge on any atom is 0.220 e. The van der Waals surface area contributed by atoms with Crippen LogP contribution < -0.4 is 5.32 Å². The lowest BCUT2D eigenvalue weighted by Crippen LogP contribution is -2.36. The van der Waals surface area contributed by atoms with Crippen molar-refractivity contribution in [2.75, 3.05) is 13.2 Å². The van der Waals surface area contributed by atoms with Gasteiger partial charge in [-0.1, -0.05) is 26.2 Å². The van der Waals surface area contributed by atoms with Crippen molar-refractivity contribution >= 4 is 5.91 Å². The zero-order valence-electron chi connectivity index (χ0n) is 10.4. The van der Waals surface area contributed by atoms with Crippen LogP contribution in [-0.4, -0.2) is 24.2 Å². The number of unbranched alkanes of at least 4 members (excludes halogenated alkanes) is 1. The van der Waals surface area contributed by atoms with Gasteiger partial charge in [-0.2, -0.15) is 0 Å². The Labute approximate surface area is 98.6 Å². The summed E-state index contributed by atoms with van der Waals surface area (Å²) < 4.78 is 0. The van der Waals surface area contributed by atoms with Gasteiger partial charge in [0.1, 0.15) is 0 Å². The number of carbonyl (C=O) groups excluding carboxylic acids is 1. The molecule has 1 rings (SSSR count). The second-order valence-corrected chi connectivity index (χ2v) is 5.33. The topological polar surface area (TPSA) is 49.3 Å². The predicted molar refractivity (Wildman–Crippen MR) is 65.1 cm³/mol. The van der Waals surface area contributed by atoms with E-state index >= 15 is 0 Å². The molecule has 0 aromatic rings. The Kier molecular flexibility index (Phi) is 5.81. The summed E-state index contributed by atoms with van der Waals surface area (Å²) in [7, 11) is 0. The highest BCUT2D eigenvalue weighted by molar-refractivity contribution is 5.75. The Bertz CT molecular complexity index is 210. The summed E-state index contributed by atoms with van der Waals surface area (Å²) in [5, 5.41) is 11.7. The van der Waals surface area contributed by atoms with Gasteiger partial charge in [0.25, 0.3) is 0 Å². The molecule has 0 atom stereocenters. The number of nitrogens with one attached hydrogen (secondary N) is 1. The molecule has 1 aliphatic rings. The van der Waals surface area contributed by atoms with Gasteiger partial charge in [-0.25, -0.2) is 0 Å². The van der Waals surface area contributed by atoms with Gasteiger partial charge < -0.3 is 10.4 Å². The van der Waals surface area contributed by atoms with Gasteiger partial charge in [0, 0.05) is 19.6 Å². The largest absolute Gasteiger partial charge is 0.396 e. The maximum absolute atomic E-state index is 11.5. The number of amides is 1. The zero-order valence-corrected chi connectivity index (χ0v) is 10.4. The number of carbonyl (C=O) groups is 1. The maximum atomic E-state index is 11.5. The molecule has 2 N–H and O–H groups in total. The van der Waals surface area contributed by atoms with E-state index in [-0.39, 0.29) is 12.5 Å². The Morgan fingerprint density at radius 3 is 2.56 bits per heavy atom. The summed E-state index contributed by atoms with van der Waals surface area (Å²) in [5.41, 5.74) is 0.324. The first kappa shape index (κ1) is 13.5. The van der Waals surface area contributed by atoms with Crippen molar-refractivity contribution in [3.8, 4) is 0 Å². The van der Waals surface area contributed by atoms with Crippen molar-refractivity contribution in [1.29, 1.82) is 0 Å². The van der Waals surface area contributed by atoms with Crippen LogP contribution in [0.3, 0.4) is 0 Å². The fourth-order valence-corrected chi connectivity index (χ4v) is 2.38. The smallest absolute Gasteiger partial charge is 0.220 e. The molecule has 0 aromatic heterocycles. The number of aliphatic hydroxyl groups excluding tert-OH is 1. The van der Waals surface area contributed by atoms with Gasteiger partial charge >= 0.3 is 0 Å². The van der Waals surface area contributed by atoms with Crippen LogP contribution in [0, 0.1) is 5.41 Å². The molecular weight excluding hydrogens is 202 g/mol. The van der Waals surface area contributed by atoms with Crippen LogP contribution >= 0.6 is 0 Å². The van der Waals surface area contributed by atoms with E-state index in [9.17, 15) is 4.79 Å².